The number of hydrogen-bond donors (Lipinski definition) is 0. The number of carbonyl (C=O) groups is 1. The first-order valence-corrected chi connectivity index (χ1v) is 13.4. The van der Waals surface area contributed by atoms with Crippen LogP contribution in [-0.4, -0.2) is 21.6 Å². The molecule has 9 heteroatoms. The zero-order valence-electron chi connectivity index (χ0n) is 18.9. The third-order valence-corrected chi connectivity index (χ3v) is 7.90. The molecule has 1 saturated carbocycles. The van der Waals surface area contributed by atoms with Crippen molar-refractivity contribution in [3.8, 4) is 0 Å². The number of hydrazone groups is 1. The zero-order chi connectivity index (χ0) is 25.4. The second kappa shape index (κ2) is 10.3. The maximum absolute atomic E-state index is 13.7. The summed E-state index contributed by atoms with van der Waals surface area (Å²) in [4.78, 5) is 24.6. The van der Waals surface area contributed by atoms with Crippen LogP contribution in [0.2, 0.25) is 5.02 Å². The van der Waals surface area contributed by atoms with Gasteiger partial charge < -0.3 is 0 Å². The molecule has 3 aromatic carbocycles. The second-order valence-electron chi connectivity index (χ2n) is 8.77. The molecule has 1 amide bonds. The van der Waals surface area contributed by atoms with Gasteiger partial charge in [0.05, 0.1) is 16.7 Å². The van der Waals surface area contributed by atoms with Crippen molar-refractivity contribution < 1.29 is 9.72 Å². The maximum Gasteiger partial charge on any atom is 0.288 e. The summed E-state index contributed by atoms with van der Waals surface area (Å²) in [6, 6.07) is 19.8. The average molecular weight is 630 g/mol. The standard InChI is InChI=1S/C27H20Br2ClN3O3/c28-20-9-4-16(5-10-20)14-18-2-1-3-22-25(18)31-32(26(22)17-6-11-21(29)12-7-17)27(34)19-8-13-23(30)24(15-19)33(35)36/h4-15,22,26H,1-3H2/b18-14+/t22-,26+/m1/s1. The Morgan fingerprint density at radius 3 is 2.39 bits per heavy atom. The molecule has 0 aromatic heterocycles. The molecule has 1 heterocycles. The number of benzene rings is 3. The molecule has 0 bridgehead atoms. The molecule has 1 aliphatic heterocycles. The fourth-order valence-corrected chi connectivity index (χ4v) is 5.55. The van der Waals surface area contributed by atoms with Gasteiger partial charge in [-0.15, -0.1) is 0 Å². The number of hydrogen-bond acceptors (Lipinski definition) is 4. The van der Waals surface area contributed by atoms with Crippen LogP contribution in [0.25, 0.3) is 6.08 Å². The molecule has 0 saturated heterocycles. The first kappa shape index (κ1) is 24.9. The van der Waals surface area contributed by atoms with Crippen LogP contribution in [0.1, 0.15) is 46.8 Å². The first-order chi connectivity index (χ1) is 17.3. The lowest BCUT2D eigenvalue weighted by atomic mass is 9.77. The molecule has 3 aromatic rings. The maximum atomic E-state index is 13.7. The van der Waals surface area contributed by atoms with Crippen LogP contribution in [0.5, 0.6) is 0 Å². The predicted molar refractivity (Wildman–Crippen MR) is 148 cm³/mol. The normalized spacial score (nSPS) is 20.2. The lowest BCUT2D eigenvalue weighted by Gasteiger charge is -2.29. The SMILES string of the molecule is O=C(c1ccc(Cl)c([N+](=O)[O-])c1)N1N=C2/C(=C/c3ccc(Br)cc3)CCC[C@H]2[C@@H]1c1ccc(Br)cc1. The summed E-state index contributed by atoms with van der Waals surface area (Å²) in [7, 11) is 0. The van der Waals surface area contributed by atoms with Gasteiger partial charge in [-0.05, 0) is 78.4 Å². The van der Waals surface area contributed by atoms with E-state index in [-0.39, 0.29) is 28.2 Å². The third kappa shape index (κ3) is 4.90. The molecule has 5 rings (SSSR count). The van der Waals surface area contributed by atoms with Gasteiger partial charge in [-0.25, -0.2) is 5.01 Å². The molecule has 0 N–H and O–H groups in total. The molecule has 2 atom stereocenters. The Morgan fingerprint density at radius 2 is 1.72 bits per heavy atom. The van der Waals surface area contributed by atoms with E-state index in [0.717, 1.165) is 50.6 Å². The first-order valence-electron chi connectivity index (χ1n) is 11.4. The Hall–Kier alpha value is -2.81. The van der Waals surface area contributed by atoms with Crippen molar-refractivity contribution in [3.05, 3.63) is 113 Å². The zero-order valence-corrected chi connectivity index (χ0v) is 22.8. The summed E-state index contributed by atoms with van der Waals surface area (Å²) >= 11 is 13.0. The largest absolute Gasteiger partial charge is 0.288 e. The number of rotatable bonds is 4. The van der Waals surface area contributed by atoms with E-state index in [1.54, 1.807) is 0 Å². The van der Waals surface area contributed by atoms with Crippen LogP contribution in [0.3, 0.4) is 0 Å². The van der Waals surface area contributed by atoms with Crippen molar-refractivity contribution in [2.75, 3.05) is 0 Å². The van der Waals surface area contributed by atoms with Gasteiger partial charge in [0.15, 0.2) is 0 Å². The van der Waals surface area contributed by atoms with Gasteiger partial charge >= 0.3 is 0 Å². The van der Waals surface area contributed by atoms with Crippen molar-refractivity contribution in [1.82, 2.24) is 5.01 Å². The molecule has 36 heavy (non-hydrogen) atoms. The van der Waals surface area contributed by atoms with Crippen LogP contribution < -0.4 is 0 Å². The van der Waals surface area contributed by atoms with E-state index in [2.05, 4.69) is 37.9 Å². The second-order valence-corrected chi connectivity index (χ2v) is 11.0. The number of allylic oxidation sites excluding steroid dienone is 1. The quantitative estimate of drug-likeness (QED) is 0.216. The van der Waals surface area contributed by atoms with E-state index >= 15 is 0 Å². The molecule has 1 fully saturated rings. The van der Waals surface area contributed by atoms with Crippen molar-refractivity contribution in [2.45, 2.75) is 25.3 Å². The van der Waals surface area contributed by atoms with Crippen molar-refractivity contribution >= 4 is 66.8 Å². The van der Waals surface area contributed by atoms with E-state index in [1.807, 2.05) is 48.5 Å². The predicted octanol–water partition coefficient (Wildman–Crippen LogP) is 8.21. The Kier molecular flexibility index (Phi) is 7.10. The minimum absolute atomic E-state index is 0.0119. The molecule has 1 aliphatic carbocycles. The van der Waals surface area contributed by atoms with E-state index in [0.29, 0.717) is 0 Å². The highest BCUT2D eigenvalue weighted by molar-refractivity contribution is 9.10. The summed E-state index contributed by atoms with van der Waals surface area (Å²) in [6.45, 7) is 0. The lowest BCUT2D eigenvalue weighted by Crippen LogP contribution is -2.32. The highest BCUT2D eigenvalue weighted by Gasteiger charge is 2.44. The summed E-state index contributed by atoms with van der Waals surface area (Å²) in [5, 5.41) is 17.8. The van der Waals surface area contributed by atoms with Crippen LogP contribution in [0.4, 0.5) is 5.69 Å². The Morgan fingerprint density at radius 1 is 1.06 bits per heavy atom. The molecule has 6 nitrogen and oxygen atoms in total. The van der Waals surface area contributed by atoms with Gasteiger partial charge in [-0.2, -0.15) is 5.10 Å². The van der Waals surface area contributed by atoms with E-state index in [9.17, 15) is 14.9 Å². The topological polar surface area (TPSA) is 75.8 Å². The molecule has 2 aliphatic rings. The fraction of sp³-hybridized carbons (Fsp3) is 0.185. The van der Waals surface area contributed by atoms with Crippen molar-refractivity contribution in [2.24, 2.45) is 11.0 Å². The van der Waals surface area contributed by atoms with Crippen molar-refractivity contribution in [3.63, 3.8) is 0 Å². The van der Waals surface area contributed by atoms with Crippen LogP contribution in [0, 0.1) is 16.0 Å². The Bertz CT molecular complexity index is 1400. The smallest absolute Gasteiger partial charge is 0.267 e. The molecule has 0 spiro atoms. The van der Waals surface area contributed by atoms with Gasteiger partial charge in [0, 0.05) is 26.5 Å². The third-order valence-electron chi connectivity index (χ3n) is 6.52. The summed E-state index contributed by atoms with van der Waals surface area (Å²) in [5.41, 5.74) is 3.90. The number of nitro groups is 1. The van der Waals surface area contributed by atoms with E-state index in [1.165, 1.54) is 23.2 Å². The van der Waals surface area contributed by atoms with Crippen molar-refractivity contribution in [1.29, 1.82) is 0 Å². The number of carbonyl (C=O) groups excluding carboxylic acids is 1. The minimum Gasteiger partial charge on any atom is -0.267 e. The number of fused-ring (bicyclic) bond motifs is 1. The Labute approximate surface area is 230 Å². The molecule has 182 valence electrons. The van der Waals surface area contributed by atoms with Gasteiger partial charge in [-0.3, -0.25) is 14.9 Å². The number of nitrogens with zero attached hydrogens (tertiary/aromatic N) is 3. The lowest BCUT2D eigenvalue weighted by molar-refractivity contribution is -0.384. The molecular formula is C27H20Br2ClN3O3. The van der Waals surface area contributed by atoms with Crippen LogP contribution >= 0.6 is 43.5 Å². The molecular weight excluding hydrogens is 610 g/mol. The number of nitro benzene ring substituents is 1. The van der Waals surface area contributed by atoms with Gasteiger partial charge in [0.1, 0.15) is 5.02 Å². The molecule has 0 unspecified atom stereocenters. The average Bonchev–Trinajstić information content (AvgIpc) is 3.26. The number of amides is 1. The van der Waals surface area contributed by atoms with Gasteiger partial charge in [0.2, 0.25) is 0 Å². The highest BCUT2D eigenvalue weighted by Crippen LogP contribution is 2.45. The van der Waals surface area contributed by atoms with E-state index in [4.69, 9.17) is 16.7 Å². The fourth-order valence-electron chi connectivity index (χ4n) is 4.84. The minimum atomic E-state index is -0.583. The highest BCUT2D eigenvalue weighted by atomic mass is 79.9. The summed E-state index contributed by atoms with van der Waals surface area (Å²) < 4.78 is 1.95. The van der Waals surface area contributed by atoms with Gasteiger partial charge in [-0.1, -0.05) is 67.7 Å². The van der Waals surface area contributed by atoms with Crippen LogP contribution in [0.15, 0.2) is 86.3 Å². The Balaban J connectivity index is 1.59. The summed E-state index contributed by atoms with van der Waals surface area (Å²) in [6.07, 6.45) is 4.87. The summed E-state index contributed by atoms with van der Waals surface area (Å²) in [5.74, 6) is -0.375. The number of halogens is 3. The van der Waals surface area contributed by atoms with Gasteiger partial charge in [0.25, 0.3) is 11.6 Å². The monoisotopic (exact) mass is 627 g/mol. The van der Waals surface area contributed by atoms with E-state index < -0.39 is 10.8 Å². The van der Waals surface area contributed by atoms with Crippen LogP contribution in [-0.2, 0) is 0 Å². The molecule has 0 radical (unpaired) electrons.